The first kappa shape index (κ1) is 20.6. The maximum atomic E-state index is 11.6. The Balaban J connectivity index is 1.92. The van der Waals surface area contributed by atoms with Crippen LogP contribution in [0.4, 0.5) is 0 Å². The molecular formula is C21H22ClNO4. The van der Waals surface area contributed by atoms with Gasteiger partial charge < -0.3 is 14.6 Å². The highest BCUT2D eigenvalue weighted by Crippen LogP contribution is 2.33. The molecule has 0 radical (unpaired) electrons. The molecule has 0 bridgehead atoms. The third-order valence-electron chi connectivity index (χ3n) is 3.98. The quantitative estimate of drug-likeness (QED) is 0.488. The number of carbonyl (C=O) groups is 1. The molecule has 0 aliphatic heterocycles. The normalized spacial score (nSPS) is 10.3. The lowest BCUT2D eigenvalue weighted by Gasteiger charge is -2.15. The molecule has 2 rings (SSSR count). The first-order valence-corrected chi connectivity index (χ1v) is 9.16. The number of ether oxygens (including phenoxy) is 2. The Morgan fingerprint density at radius 2 is 1.85 bits per heavy atom. The predicted octanol–water partition coefficient (Wildman–Crippen LogP) is 4.92. The van der Waals surface area contributed by atoms with Crippen molar-refractivity contribution in [2.45, 2.75) is 33.1 Å². The van der Waals surface area contributed by atoms with Crippen molar-refractivity contribution < 1.29 is 19.4 Å². The monoisotopic (exact) mass is 387 g/mol. The van der Waals surface area contributed by atoms with Gasteiger partial charge in [-0.3, -0.25) is 4.79 Å². The Morgan fingerprint density at radius 3 is 2.44 bits per heavy atom. The van der Waals surface area contributed by atoms with Gasteiger partial charge in [-0.15, -0.1) is 0 Å². The predicted molar refractivity (Wildman–Crippen MR) is 104 cm³/mol. The van der Waals surface area contributed by atoms with E-state index >= 15 is 0 Å². The van der Waals surface area contributed by atoms with Gasteiger partial charge in [0, 0.05) is 12.0 Å². The SMILES string of the molecule is CCCc1c(OCCCOc2ccc(C#N)cc2Cl)ccc(C(C)=O)c1O. The Labute approximate surface area is 164 Å². The maximum absolute atomic E-state index is 11.6. The summed E-state index contributed by atoms with van der Waals surface area (Å²) < 4.78 is 11.4. The highest BCUT2D eigenvalue weighted by atomic mass is 35.5. The molecule has 0 unspecified atom stereocenters. The number of phenolic OH excluding ortho intramolecular Hbond substituents is 1. The molecule has 2 aromatic rings. The topological polar surface area (TPSA) is 79.5 Å². The Hall–Kier alpha value is -2.71. The first-order valence-electron chi connectivity index (χ1n) is 8.79. The van der Waals surface area contributed by atoms with Crippen LogP contribution in [0.2, 0.25) is 5.02 Å². The van der Waals surface area contributed by atoms with E-state index in [4.69, 9.17) is 26.3 Å². The van der Waals surface area contributed by atoms with E-state index in [-0.39, 0.29) is 11.5 Å². The molecule has 2 aromatic carbocycles. The van der Waals surface area contributed by atoms with Crippen LogP contribution in [0, 0.1) is 11.3 Å². The molecule has 27 heavy (non-hydrogen) atoms. The molecule has 142 valence electrons. The third kappa shape index (κ3) is 5.38. The standard InChI is InChI=1S/C21H22ClNO4/c1-3-5-17-19(9-7-16(14(2)24)21(17)25)26-10-4-11-27-20-8-6-15(13-23)12-18(20)22/h6-9,12,25H,3-5,10-11H2,1-2H3. The van der Waals surface area contributed by atoms with E-state index in [0.717, 1.165) is 6.42 Å². The van der Waals surface area contributed by atoms with E-state index in [1.165, 1.54) is 6.92 Å². The number of phenols is 1. The van der Waals surface area contributed by atoms with Gasteiger partial charge in [0.1, 0.15) is 17.2 Å². The average Bonchev–Trinajstić information content (AvgIpc) is 2.64. The number of hydrogen-bond acceptors (Lipinski definition) is 5. The van der Waals surface area contributed by atoms with Crippen LogP contribution in [0.15, 0.2) is 30.3 Å². The summed E-state index contributed by atoms with van der Waals surface area (Å²) in [7, 11) is 0. The molecule has 5 nitrogen and oxygen atoms in total. The van der Waals surface area contributed by atoms with Crippen molar-refractivity contribution in [3.8, 4) is 23.3 Å². The number of rotatable bonds is 9. The number of ketones is 1. The number of Topliss-reactive ketones (excluding diaryl/α,β-unsaturated/α-hetero) is 1. The lowest BCUT2D eigenvalue weighted by Crippen LogP contribution is -2.07. The summed E-state index contributed by atoms with van der Waals surface area (Å²) in [6, 6.07) is 10.2. The zero-order chi connectivity index (χ0) is 19.8. The van der Waals surface area contributed by atoms with Crippen molar-refractivity contribution in [2.24, 2.45) is 0 Å². The van der Waals surface area contributed by atoms with Crippen LogP contribution in [-0.4, -0.2) is 24.1 Å². The molecule has 0 saturated carbocycles. The number of nitrogens with zero attached hydrogens (tertiary/aromatic N) is 1. The van der Waals surface area contributed by atoms with E-state index in [9.17, 15) is 9.90 Å². The fourth-order valence-corrected chi connectivity index (χ4v) is 2.87. The molecule has 0 aliphatic carbocycles. The molecule has 0 fully saturated rings. The van der Waals surface area contributed by atoms with E-state index in [0.29, 0.717) is 59.3 Å². The summed E-state index contributed by atoms with van der Waals surface area (Å²) in [6.07, 6.45) is 2.06. The zero-order valence-corrected chi connectivity index (χ0v) is 16.2. The molecule has 0 saturated heterocycles. The van der Waals surface area contributed by atoms with Crippen LogP contribution in [0.1, 0.15) is 48.2 Å². The van der Waals surface area contributed by atoms with Gasteiger partial charge in [0.05, 0.1) is 35.4 Å². The van der Waals surface area contributed by atoms with Gasteiger partial charge in [-0.25, -0.2) is 0 Å². The zero-order valence-electron chi connectivity index (χ0n) is 15.4. The number of aromatic hydroxyl groups is 1. The minimum atomic E-state index is -0.177. The van der Waals surface area contributed by atoms with Crippen molar-refractivity contribution in [2.75, 3.05) is 13.2 Å². The fourth-order valence-electron chi connectivity index (χ4n) is 2.64. The highest BCUT2D eigenvalue weighted by Gasteiger charge is 2.15. The van der Waals surface area contributed by atoms with Crippen LogP contribution >= 0.6 is 11.6 Å². The van der Waals surface area contributed by atoms with Gasteiger partial charge in [0.2, 0.25) is 0 Å². The van der Waals surface area contributed by atoms with Crippen LogP contribution in [-0.2, 0) is 6.42 Å². The number of nitriles is 1. The lowest BCUT2D eigenvalue weighted by molar-refractivity contribution is 0.101. The number of hydrogen-bond donors (Lipinski definition) is 1. The second-order valence-corrected chi connectivity index (χ2v) is 6.46. The molecule has 0 spiro atoms. The number of benzene rings is 2. The minimum absolute atomic E-state index is 0.00228. The Kier molecular flexibility index (Phi) is 7.51. The van der Waals surface area contributed by atoms with E-state index < -0.39 is 0 Å². The highest BCUT2D eigenvalue weighted by molar-refractivity contribution is 6.32. The van der Waals surface area contributed by atoms with E-state index in [1.807, 2.05) is 13.0 Å². The molecule has 0 atom stereocenters. The van der Waals surface area contributed by atoms with Crippen LogP contribution < -0.4 is 9.47 Å². The summed E-state index contributed by atoms with van der Waals surface area (Å²) in [5.74, 6) is 0.924. The molecule has 0 heterocycles. The largest absolute Gasteiger partial charge is 0.507 e. The summed E-state index contributed by atoms with van der Waals surface area (Å²) in [6.45, 7) is 4.21. The minimum Gasteiger partial charge on any atom is -0.507 e. The summed E-state index contributed by atoms with van der Waals surface area (Å²) in [5, 5.41) is 19.6. The Morgan fingerprint density at radius 1 is 1.19 bits per heavy atom. The second kappa shape index (κ2) is 9.84. The smallest absolute Gasteiger partial charge is 0.163 e. The van der Waals surface area contributed by atoms with E-state index in [1.54, 1.807) is 30.3 Å². The number of halogens is 1. The Bertz CT molecular complexity index is 858. The molecule has 0 aromatic heterocycles. The van der Waals surface area contributed by atoms with Crippen molar-refractivity contribution in [3.05, 3.63) is 52.0 Å². The molecular weight excluding hydrogens is 366 g/mol. The lowest BCUT2D eigenvalue weighted by atomic mass is 10.0. The van der Waals surface area contributed by atoms with Crippen molar-refractivity contribution >= 4 is 17.4 Å². The first-order chi connectivity index (χ1) is 13.0. The summed E-state index contributed by atoms with van der Waals surface area (Å²) >= 11 is 6.07. The maximum Gasteiger partial charge on any atom is 0.163 e. The van der Waals surface area contributed by atoms with Gasteiger partial charge in [-0.2, -0.15) is 5.26 Å². The third-order valence-corrected chi connectivity index (χ3v) is 4.28. The summed E-state index contributed by atoms with van der Waals surface area (Å²) in [5.41, 5.74) is 1.44. The molecule has 6 heteroatoms. The fraction of sp³-hybridized carbons (Fsp3) is 0.333. The van der Waals surface area contributed by atoms with Crippen molar-refractivity contribution in [1.82, 2.24) is 0 Å². The van der Waals surface area contributed by atoms with Crippen LogP contribution in [0.5, 0.6) is 17.2 Å². The van der Waals surface area contributed by atoms with Crippen LogP contribution in [0.3, 0.4) is 0 Å². The number of carbonyl (C=O) groups excluding carboxylic acids is 1. The van der Waals surface area contributed by atoms with Crippen molar-refractivity contribution in [3.63, 3.8) is 0 Å². The van der Waals surface area contributed by atoms with E-state index in [2.05, 4.69) is 0 Å². The molecule has 0 aliphatic rings. The van der Waals surface area contributed by atoms with Crippen LogP contribution in [0.25, 0.3) is 0 Å². The van der Waals surface area contributed by atoms with Gasteiger partial charge in [0.25, 0.3) is 0 Å². The summed E-state index contributed by atoms with van der Waals surface area (Å²) in [4.78, 5) is 11.6. The molecule has 0 amide bonds. The van der Waals surface area contributed by atoms with Crippen molar-refractivity contribution in [1.29, 1.82) is 5.26 Å². The van der Waals surface area contributed by atoms with Gasteiger partial charge >= 0.3 is 0 Å². The van der Waals surface area contributed by atoms with Gasteiger partial charge in [0.15, 0.2) is 5.78 Å². The molecule has 1 N–H and O–H groups in total. The van der Waals surface area contributed by atoms with Gasteiger partial charge in [-0.1, -0.05) is 24.9 Å². The second-order valence-electron chi connectivity index (χ2n) is 6.05. The van der Waals surface area contributed by atoms with Gasteiger partial charge in [-0.05, 0) is 43.7 Å². The average molecular weight is 388 g/mol.